The average molecular weight is 272 g/mol. The van der Waals surface area contributed by atoms with Crippen LogP contribution < -0.4 is 5.73 Å². The molecule has 0 saturated heterocycles. The maximum atomic E-state index is 10.6. The van der Waals surface area contributed by atoms with Crippen molar-refractivity contribution in [3.63, 3.8) is 0 Å². The monoisotopic (exact) mass is 271 g/mol. The average Bonchev–Trinajstić information content (AvgIpc) is 2.32. The first kappa shape index (κ1) is 16.2. The van der Waals surface area contributed by atoms with Gasteiger partial charge >= 0.3 is 0 Å². The molecule has 0 atom stereocenters. The van der Waals surface area contributed by atoms with E-state index in [-0.39, 0.29) is 10.7 Å². The van der Waals surface area contributed by atoms with Crippen molar-refractivity contribution < 1.29 is 4.92 Å². The van der Waals surface area contributed by atoms with E-state index in [1.807, 2.05) is 32.8 Å². The number of nitro groups is 1. The third kappa shape index (κ3) is 4.63. The maximum Gasteiger partial charge on any atom is 0.289 e. The van der Waals surface area contributed by atoms with Crippen LogP contribution in [0.2, 0.25) is 5.02 Å². The van der Waals surface area contributed by atoms with Gasteiger partial charge < -0.3 is 10.6 Å². The van der Waals surface area contributed by atoms with Crippen LogP contribution in [0.3, 0.4) is 0 Å². The number of anilines is 1. The second kappa shape index (κ2) is 7.55. The molecule has 0 unspecified atom stereocenters. The van der Waals surface area contributed by atoms with Crippen LogP contribution in [0.4, 0.5) is 11.4 Å². The van der Waals surface area contributed by atoms with Gasteiger partial charge in [0.25, 0.3) is 5.69 Å². The van der Waals surface area contributed by atoms with Crippen molar-refractivity contribution in [2.24, 2.45) is 0 Å². The Kier molecular flexibility index (Phi) is 6.82. The summed E-state index contributed by atoms with van der Waals surface area (Å²) in [6, 6.07) is 2.74. The van der Waals surface area contributed by atoms with Gasteiger partial charge in [-0.2, -0.15) is 0 Å². The summed E-state index contributed by atoms with van der Waals surface area (Å²) in [5, 5.41) is 10.7. The summed E-state index contributed by atoms with van der Waals surface area (Å²) in [6.07, 6.45) is 3.53. The molecular weight excluding hydrogens is 254 g/mol. The van der Waals surface area contributed by atoms with Crippen molar-refractivity contribution in [2.45, 2.75) is 13.8 Å². The summed E-state index contributed by atoms with van der Waals surface area (Å²) in [6.45, 7) is 4.00. The molecule has 1 aromatic rings. The van der Waals surface area contributed by atoms with Crippen molar-refractivity contribution in [1.29, 1.82) is 0 Å². The van der Waals surface area contributed by atoms with Crippen molar-refractivity contribution in [2.75, 3.05) is 19.8 Å². The topological polar surface area (TPSA) is 72.4 Å². The number of halogens is 1. The van der Waals surface area contributed by atoms with E-state index < -0.39 is 4.92 Å². The molecule has 5 nitrogen and oxygen atoms in total. The van der Waals surface area contributed by atoms with Gasteiger partial charge in [-0.15, -0.1) is 0 Å². The van der Waals surface area contributed by atoms with Gasteiger partial charge in [0.05, 0.1) is 4.92 Å². The largest absolute Gasteiger partial charge is 0.398 e. The summed E-state index contributed by atoms with van der Waals surface area (Å²) in [5.74, 6) is 0. The molecule has 0 radical (unpaired) electrons. The first-order valence-corrected chi connectivity index (χ1v) is 5.87. The Morgan fingerprint density at radius 3 is 2.39 bits per heavy atom. The van der Waals surface area contributed by atoms with E-state index in [4.69, 9.17) is 17.3 Å². The molecule has 2 N–H and O–H groups in total. The molecule has 0 aliphatic rings. The van der Waals surface area contributed by atoms with E-state index in [2.05, 4.69) is 0 Å². The molecule has 0 aliphatic heterocycles. The number of nitrogen functional groups attached to an aromatic ring is 1. The van der Waals surface area contributed by atoms with Gasteiger partial charge in [0.15, 0.2) is 0 Å². The van der Waals surface area contributed by atoms with Crippen LogP contribution in [-0.4, -0.2) is 23.9 Å². The molecule has 0 saturated carbocycles. The van der Waals surface area contributed by atoms with Crippen LogP contribution in [0.25, 0.3) is 6.08 Å². The summed E-state index contributed by atoms with van der Waals surface area (Å²) in [5.41, 5.74) is 6.49. The molecule has 0 aromatic heterocycles. The van der Waals surface area contributed by atoms with E-state index in [1.165, 1.54) is 12.1 Å². The van der Waals surface area contributed by atoms with Gasteiger partial charge in [0.2, 0.25) is 0 Å². The number of rotatable bonds is 3. The molecule has 0 amide bonds. The zero-order valence-electron chi connectivity index (χ0n) is 11.0. The van der Waals surface area contributed by atoms with Crippen LogP contribution in [0.5, 0.6) is 0 Å². The van der Waals surface area contributed by atoms with Crippen molar-refractivity contribution in [1.82, 2.24) is 4.90 Å². The summed E-state index contributed by atoms with van der Waals surface area (Å²) >= 11 is 5.77. The fourth-order valence-electron chi connectivity index (χ4n) is 1.11. The minimum Gasteiger partial charge on any atom is -0.398 e. The van der Waals surface area contributed by atoms with Crippen molar-refractivity contribution in [3.05, 3.63) is 39.0 Å². The Bertz CT molecular complexity index is 445. The zero-order valence-corrected chi connectivity index (χ0v) is 11.7. The predicted octanol–water partition coefficient (Wildman–Crippen LogP) is 3.39. The molecule has 6 heteroatoms. The second-order valence-electron chi connectivity index (χ2n) is 3.47. The highest BCUT2D eigenvalue weighted by molar-refractivity contribution is 6.33. The Hall–Kier alpha value is -1.75. The minimum absolute atomic E-state index is 0.0811. The Morgan fingerprint density at radius 2 is 1.94 bits per heavy atom. The van der Waals surface area contributed by atoms with Gasteiger partial charge in [0, 0.05) is 31.4 Å². The molecule has 0 heterocycles. The number of nitrogens with two attached hydrogens (primary N) is 1. The lowest BCUT2D eigenvalue weighted by Gasteiger charge is -2.05. The number of nitro benzene ring substituents is 1. The fraction of sp³-hybridized carbons (Fsp3) is 0.333. The lowest BCUT2D eigenvalue weighted by Crippen LogP contribution is -2.00. The first-order valence-electron chi connectivity index (χ1n) is 5.50. The van der Waals surface area contributed by atoms with Gasteiger partial charge in [-0.25, -0.2) is 0 Å². The highest BCUT2D eigenvalue weighted by Crippen LogP contribution is 2.30. The van der Waals surface area contributed by atoms with Crippen molar-refractivity contribution in [3.8, 4) is 0 Å². The lowest BCUT2D eigenvalue weighted by atomic mass is 10.1. The normalized spacial score (nSPS) is 9.83. The Balaban J connectivity index is 0.00000137. The van der Waals surface area contributed by atoms with Gasteiger partial charge in [0.1, 0.15) is 5.02 Å². The maximum absolute atomic E-state index is 10.6. The first-order chi connectivity index (χ1) is 8.41. The molecule has 0 bridgehead atoms. The fourth-order valence-corrected chi connectivity index (χ4v) is 1.35. The smallest absolute Gasteiger partial charge is 0.289 e. The van der Waals surface area contributed by atoms with Gasteiger partial charge in [-0.1, -0.05) is 25.4 Å². The van der Waals surface area contributed by atoms with Crippen LogP contribution >= 0.6 is 11.6 Å². The highest BCUT2D eigenvalue weighted by Gasteiger charge is 2.14. The third-order valence-corrected chi connectivity index (χ3v) is 2.20. The van der Waals surface area contributed by atoms with Crippen molar-refractivity contribution >= 4 is 29.1 Å². The molecule has 0 spiro atoms. The molecule has 1 rings (SSSR count). The molecule has 100 valence electrons. The summed E-state index contributed by atoms with van der Waals surface area (Å²) < 4.78 is 0. The van der Waals surface area contributed by atoms with E-state index in [1.54, 1.807) is 12.3 Å². The summed E-state index contributed by atoms with van der Waals surface area (Å²) in [7, 11) is 3.72. The number of nitrogens with zero attached hydrogens (tertiary/aromatic N) is 2. The number of benzene rings is 1. The molecule has 18 heavy (non-hydrogen) atoms. The van der Waals surface area contributed by atoms with Crippen LogP contribution in [0, 0.1) is 10.1 Å². The second-order valence-corrected chi connectivity index (χ2v) is 3.88. The predicted molar refractivity (Wildman–Crippen MR) is 76.6 cm³/mol. The van der Waals surface area contributed by atoms with Gasteiger partial charge in [-0.05, 0) is 18.3 Å². The Morgan fingerprint density at radius 1 is 1.39 bits per heavy atom. The van der Waals surface area contributed by atoms with Crippen LogP contribution in [0.15, 0.2) is 18.3 Å². The van der Waals surface area contributed by atoms with E-state index >= 15 is 0 Å². The molecular formula is C12H18ClN3O2. The highest BCUT2D eigenvalue weighted by atomic mass is 35.5. The minimum atomic E-state index is -0.557. The van der Waals surface area contributed by atoms with E-state index in [0.29, 0.717) is 11.3 Å². The van der Waals surface area contributed by atoms with E-state index in [0.717, 1.165) is 0 Å². The summed E-state index contributed by atoms with van der Waals surface area (Å²) in [4.78, 5) is 11.9. The quantitative estimate of drug-likeness (QED) is 0.520. The molecule has 0 aliphatic carbocycles. The number of hydrogen-bond acceptors (Lipinski definition) is 4. The zero-order chi connectivity index (χ0) is 14.3. The standard InChI is InChI=1S/C10H12ClN3O2.C2H6/c1-13(2)4-3-7-5-8(11)10(14(15)16)6-9(7)12;1-2/h3-6H,12H2,1-2H3;1-2H3/b4-3+;. The van der Waals surface area contributed by atoms with Crippen LogP contribution in [0.1, 0.15) is 19.4 Å². The number of hydrogen-bond donors (Lipinski definition) is 1. The van der Waals surface area contributed by atoms with Gasteiger partial charge in [-0.3, -0.25) is 10.1 Å². The third-order valence-electron chi connectivity index (χ3n) is 1.90. The Labute approximate surface area is 112 Å². The SMILES string of the molecule is CC.CN(C)/C=C/c1cc(Cl)c([N+](=O)[O-])cc1N. The molecule has 1 aromatic carbocycles. The van der Waals surface area contributed by atoms with E-state index in [9.17, 15) is 10.1 Å². The van der Waals surface area contributed by atoms with Crippen LogP contribution in [-0.2, 0) is 0 Å². The lowest BCUT2D eigenvalue weighted by molar-refractivity contribution is -0.384. The molecule has 0 fully saturated rings.